The molecule has 1 fully saturated rings. The lowest BCUT2D eigenvalue weighted by atomic mass is 10.0. The molecule has 1 aliphatic carbocycles. The van der Waals surface area contributed by atoms with Crippen molar-refractivity contribution in [2.24, 2.45) is 0 Å². The molecule has 8 heteroatoms. The predicted octanol–water partition coefficient (Wildman–Crippen LogP) is 1.70. The van der Waals surface area contributed by atoms with E-state index >= 15 is 0 Å². The zero-order valence-electron chi connectivity index (χ0n) is 13.1. The first-order valence-electron chi connectivity index (χ1n) is 7.74. The van der Waals surface area contributed by atoms with E-state index in [2.05, 4.69) is 21.6 Å². The number of aromatic nitrogens is 3. The molecule has 1 aliphatic rings. The van der Waals surface area contributed by atoms with Crippen LogP contribution in [0.5, 0.6) is 0 Å². The van der Waals surface area contributed by atoms with Crippen LogP contribution in [0.4, 0.5) is 0 Å². The summed E-state index contributed by atoms with van der Waals surface area (Å²) in [6.45, 7) is 0. The normalized spacial score (nSPS) is 15.8. The SMILES string of the molecule is N#CC1(NC(=O)CSc2nnc(-c3ccccc3)n2N)CCCC1. The maximum absolute atomic E-state index is 12.1. The van der Waals surface area contributed by atoms with Crippen LogP contribution in [-0.4, -0.2) is 32.1 Å². The molecule has 0 radical (unpaired) electrons. The highest BCUT2D eigenvalue weighted by Crippen LogP contribution is 2.29. The summed E-state index contributed by atoms with van der Waals surface area (Å²) >= 11 is 1.21. The highest BCUT2D eigenvalue weighted by molar-refractivity contribution is 7.99. The van der Waals surface area contributed by atoms with Crippen LogP contribution in [0.3, 0.4) is 0 Å². The minimum absolute atomic E-state index is 0.146. The summed E-state index contributed by atoms with van der Waals surface area (Å²) in [5, 5.41) is 20.7. The molecule has 3 rings (SSSR count). The highest BCUT2D eigenvalue weighted by atomic mass is 32.2. The van der Waals surface area contributed by atoms with Gasteiger partial charge in [-0.05, 0) is 25.7 Å². The van der Waals surface area contributed by atoms with Crippen LogP contribution in [0.15, 0.2) is 35.5 Å². The van der Waals surface area contributed by atoms with E-state index in [-0.39, 0.29) is 11.7 Å². The number of nitriles is 1. The van der Waals surface area contributed by atoms with E-state index in [0.29, 0.717) is 23.8 Å². The van der Waals surface area contributed by atoms with E-state index in [1.165, 1.54) is 16.4 Å². The van der Waals surface area contributed by atoms with Gasteiger partial charge in [-0.2, -0.15) is 5.26 Å². The Morgan fingerprint density at radius 3 is 2.71 bits per heavy atom. The van der Waals surface area contributed by atoms with Gasteiger partial charge in [-0.3, -0.25) is 4.79 Å². The number of hydrogen-bond acceptors (Lipinski definition) is 6. The molecular formula is C16H18N6OS. The number of thioether (sulfide) groups is 1. The molecule has 0 saturated heterocycles. The molecule has 1 aromatic heterocycles. The number of nitrogens with one attached hydrogen (secondary N) is 1. The smallest absolute Gasteiger partial charge is 0.231 e. The first kappa shape index (κ1) is 16.3. The fourth-order valence-electron chi connectivity index (χ4n) is 2.84. The van der Waals surface area contributed by atoms with Gasteiger partial charge in [0.1, 0.15) is 5.54 Å². The number of carbonyl (C=O) groups excluding carboxylic acids is 1. The van der Waals surface area contributed by atoms with Gasteiger partial charge in [0.2, 0.25) is 11.1 Å². The summed E-state index contributed by atoms with van der Waals surface area (Å²) in [5.74, 6) is 6.53. The summed E-state index contributed by atoms with van der Waals surface area (Å²) in [6, 6.07) is 11.7. The number of hydrogen-bond donors (Lipinski definition) is 2. The molecule has 1 saturated carbocycles. The van der Waals surface area contributed by atoms with Crippen molar-refractivity contribution in [2.75, 3.05) is 11.6 Å². The Balaban J connectivity index is 1.62. The Hall–Kier alpha value is -2.53. The van der Waals surface area contributed by atoms with E-state index < -0.39 is 5.54 Å². The molecule has 1 heterocycles. The Morgan fingerprint density at radius 1 is 1.33 bits per heavy atom. The second kappa shape index (κ2) is 6.93. The third kappa shape index (κ3) is 3.36. The Kier molecular flexibility index (Phi) is 4.71. The Morgan fingerprint density at radius 2 is 2.04 bits per heavy atom. The van der Waals surface area contributed by atoms with Gasteiger partial charge in [0.15, 0.2) is 5.82 Å². The number of nitrogens with two attached hydrogens (primary N) is 1. The quantitative estimate of drug-likeness (QED) is 0.632. The lowest BCUT2D eigenvalue weighted by Crippen LogP contribution is -2.45. The lowest BCUT2D eigenvalue weighted by molar-refractivity contribution is -0.119. The average molecular weight is 342 g/mol. The van der Waals surface area contributed by atoms with Crippen LogP contribution in [0.25, 0.3) is 11.4 Å². The minimum Gasteiger partial charge on any atom is -0.337 e. The van der Waals surface area contributed by atoms with Crippen molar-refractivity contribution < 1.29 is 4.79 Å². The molecular weight excluding hydrogens is 324 g/mol. The monoisotopic (exact) mass is 342 g/mol. The Labute approximate surface area is 144 Å². The van der Waals surface area contributed by atoms with E-state index in [1.807, 2.05) is 30.3 Å². The fourth-order valence-corrected chi connectivity index (χ4v) is 3.49. The highest BCUT2D eigenvalue weighted by Gasteiger charge is 2.35. The second-order valence-corrected chi connectivity index (χ2v) is 6.72. The van der Waals surface area contributed by atoms with Gasteiger partial charge >= 0.3 is 0 Å². The van der Waals surface area contributed by atoms with Gasteiger partial charge in [0.25, 0.3) is 0 Å². The van der Waals surface area contributed by atoms with Crippen LogP contribution >= 0.6 is 11.8 Å². The van der Waals surface area contributed by atoms with Crippen LogP contribution < -0.4 is 11.2 Å². The summed E-state index contributed by atoms with van der Waals surface area (Å²) in [5.41, 5.74) is 0.154. The average Bonchev–Trinajstić information content (AvgIpc) is 3.21. The summed E-state index contributed by atoms with van der Waals surface area (Å²) in [4.78, 5) is 12.1. The standard InChI is InChI=1S/C16H18N6OS/c17-11-16(8-4-5-9-16)19-13(23)10-24-15-21-20-14(22(15)18)12-6-2-1-3-7-12/h1-3,6-7H,4-5,8-10,18H2,(H,19,23). The molecule has 0 unspecified atom stereocenters. The molecule has 124 valence electrons. The molecule has 0 aliphatic heterocycles. The summed E-state index contributed by atoms with van der Waals surface area (Å²) in [7, 11) is 0. The van der Waals surface area contributed by atoms with Crippen molar-refractivity contribution in [1.29, 1.82) is 5.26 Å². The van der Waals surface area contributed by atoms with E-state index in [1.54, 1.807) is 0 Å². The number of carbonyl (C=O) groups is 1. The van der Waals surface area contributed by atoms with Gasteiger partial charge in [-0.15, -0.1) is 10.2 Å². The van der Waals surface area contributed by atoms with Crippen molar-refractivity contribution in [1.82, 2.24) is 20.2 Å². The third-order valence-electron chi connectivity index (χ3n) is 4.08. The number of amides is 1. The van der Waals surface area contributed by atoms with Gasteiger partial charge in [0.05, 0.1) is 11.8 Å². The van der Waals surface area contributed by atoms with Crippen molar-refractivity contribution in [2.45, 2.75) is 36.4 Å². The molecule has 0 bridgehead atoms. The van der Waals surface area contributed by atoms with E-state index in [0.717, 1.165) is 18.4 Å². The van der Waals surface area contributed by atoms with E-state index in [9.17, 15) is 10.1 Å². The molecule has 7 nitrogen and oxygen atoms in total. The molecule has 24 heavy (non-hydrogen) atoms. The Bertz CT molecular complexity index is 761. The molecule has 1 aromatic carbocycles. The van der Waals surface area contributed by atoms with Crippen molar-refractivity contribution in [3.8, 4) is 17.5 Å². The zero-order chi connectivity index (χ0) is 17.0. The van der Waals surface area contributed by atoms with Crippen molar-refractivity contribution in [3.05, 3.63) is 30.3 Å². The number of nitrogen functional groups attached to an aromatic ring is 1. The van der Waals surface area contributed by atoms with Gasteiger partial charge in [-0.25, -0.2) is 4.68 Å². The van der Waals surface area contributed by atoms with Gasteiger partial charge in [-0.1, -0.05) is 42.1 Å². The molecule has 2 aromatic rings. The van der Waals surface area contributed by atoms with Crippen molar-refractivity contribution >= 4 is 17.7 Å². The second-order valence-electron chi connectivity index (χ2n) is 5.78. The van der Waals surface area contributed by atoms with E-state index in [4.69, 9.17) is 5.84 Å². The molecule has 0 spiro atoms. The first-order chi connectivity index (χ1) is 11.6. The number of rotatable bonds is 5. The van der Waals surface area contributed by atoms with Gasteiger partial charge in [0, 0.05) is 5.56 Å². The number of benzene rings is 1. The maximum Gasteiger partial charge on any atom is 0.231 e. The molecule has 3 N–H and O–H groups in total. The van der Waals surface area contributed by atoms with Gasteiger partial charge < -0.3 is 11.2 Å². The molecule has 0 atom stereocenters. The largest absolute Gasteiger partial charge is 0.337 e. The number of nitrogens with zero attached hydrogens (tertiary/aromatic N) is 4. The zero-order valence-corrected chi connectivity index (χ0v) is 13.9. The maximum atomic E-state index is 12.1. The van der Waals surface area contributed by atoms with Crippen LogP contribution in [0.1, 0.15) is 25.7 Å². The summed E-state index contributed by atoms with van der Waals surface area (Å²) < 4.78 is 1.38. The summed E-state index contributed by atoms with van der Waals surface area (Å²) in [6.07, 6.45) is 3.37. The lowest BCUT2D eigenvalue weighted by Gasteiger charge is -2.21. The van der Waals surface area contributed by atoms with Crippen LogP contribution in [0.2, 0.25) is 0 Å². The van der Waals surface area contributed by atoms with Crippen LogP contribution in [0, 0.1) is 11.3 Å². The van der Waals surface area contributed by atoms with Crippen molar-refractivity contribution in [3.63, 3.8) is 0 Å². The van der Waals surface area contributed by atoms with Crippen LogP contribution in [-0.2, 0) is 4.79 Å². The topological polar surface area (TPSA) is 110 Å². The first-order valence-corrected chi connectivity index (χ1v) is 8.73. The fraction of sp³-hybridized carbons (Fsp3) is 0.375. The third-order valence-corrected chi connectivity index (χ3v) is 5.02. The molecule has 1 amide bonds. The minimum atomic E-state index is -0.705. The predicted molar refractivity (Wildman–Crippen MR) is 91.3 cm³/mol.